The highest BCUT2D eigenvalue weighted by Crippen LogP contribution is 2.28. The second-order valence-corrected chi connectivity index (χ2v) is 7.13. The number of benzene rings is 2. The Morgan fingerprint density at radius 3 is 2.63 bits per heavy atom. The van der Waals surface area contributed by atoms with Gasteiger partial charge in [0.05, 0.1) is 13.0 Å². The number of amides is 1. The van der Waals surface area contributed by atoms with Crippen LogP contribution in [0, 0.1) is 5.41 Å². The summed E-state index contributed by atoms with van der Waals surface area (Å²) in [6.07, 6.45) is -0.759. The van der Waals surface area contributed by atoms with Crippen molar-refractivity contribution < 1.29 is 19.4 Å². The molecule has 8 heteroatoms. The molecule has 1 amide bonds. The second-order valence-electron chi connectivity index (χ2n) is 6.07. The van der Waals surface area contributed by atoms with Gasteiger partial charge in [0.2, 0.25) is 0 Å². The molecule has 2 aromatic rings. The maximum absolute atomic E-state index is 12.2. The maximum Gasteiger partial charge on any atom is 0.414 e. The first-order valence-corrected chi connectivity index (χ1v) is 9.27. The number of cyclic esters (lactones) is 1. The topological polar surface area (TPSA) is 117 Å². The fourth-order valence-corrected chi connectivity index (χ4v) is 3.82. The molecule has 0 radical (unpaired) electrons. The van der Waals surface area contributed by atoms with Gasteiger partial charge in [0.1, 0.15) is 11.9 Å². The number of ether oxygens (including phenoxy) is 1. The van der Waals surface area contributed by atoms with E-state index in [1.165, 1.54) is 16.7 Å². The van der Waals surface area contributed by atoms with Crippen molar-refractivity contribution in [1.82, 2.24) is 0 Å². The predicted octanol–water partition coefficient (Wildman–Crippen LogP) is 2.72. The third kappa shape index (κ3) is 4.59. The van der Waals surface area contributed by atoms with E-state index in [0.717, 1.165) is 10.5 Å². The molecule has 1 aliphatic heterocycles. The number of nitrogen functional groups attached to an aromatic ring is 1. The zero-order valence-corrected chi connectivity index (χ0v) is 15.2. The van der Waals surface area contributed by atoms with Crippen LogP contribution in [0.1, 0.15) is 11.1 Å². The third-order valence-electron chi connectivity index (χ3n) is 4.10. The van der Waals surface area contributed by atoms with Crippen LogP contribution >= 0.6 is 11.8 Å². The first-order valence-electron chi connectivity index (χ1n) is 8.29. The number of carbonyl (C=O) groups excluding carboxylic acids is 1. The van der Waals surface area contributed by atoms with Crippen molar-refractivity contribution in [2.45, 2.75) is 17.4 Å². The normalized spacial score (nSPS) is 16.2. The fraction of sp³-hybridized carbons (Fsp3) is 0.211. The number of nitrogens with one attached hydrogen (secondary N) is 1. The predicted molar refractivity (Wildman–Crippen MR) is 104 cm³/mol. The number of hydrogen-bond donors (Lipinski definition) is 3. The minimum atomic E-state index is -0.879. The van der Waals surface area contributed by atoms with Gasteiger partial charge >= 0.3 is 12.1 Å². The van der Waals surface area contributed by atoms with E-state index in [4.69, 9.17) is 21.0 Å². The Labute approximate surface area is 160 Å². The van der Waals surface area contributed by atoms with E-state index in [-0.39, 0.29) is 18.4 Å². The van der Waals surface area contributed by atoms with Crippen molar-refractivity contribution >= 4 is 35.3 Å². The SMILES string of the molecule is N=C(N)c1ccc(N2CC(CSc3ccccc3CC(=O)O)OC2=O)cc1. The molecule has 1 aliphatic rings. The molecule has 0 spiro atoms. The molecule has 140 valence electrons. The van der Waals surface area contributed by atoms with Crippen LogP contribution in [0.2, 0.25) is 0 Å². The molecule has 2 aromatic carbocycles. The summed E-state index contributed by atoms with van der Waals surface area (Å²) in [5.41, 5.74) is 7.46. The van der Waals surface area contributed by atoms with Gasteiger partial charge in [-0.15, -0.1) is 11.8 Å². The number of nitrogens with zero attached hydrogens (tertiary/aromatic N) is 1. The summed E-state index contributed by atoms with van der Waals surface area (Å²) in [7, 11) is 0. The Kier molecular flexibility index (Phi) is 5.66. The Hall–Kier alpha value is -3.00. The van der Waals surface area contributed by atoms with E-state index in [2.05, 4.69) is 0 Å². The Bertz CT molecular complexity index is 870. The molecule has 27 heavy (non-hydrogen) atoms. The minimum Gasteiger partial charge on any atom is -0.481 e. The molecular formula is C19H19N3O4S. The van der Waals surface area contributed by atoms with Crippen LogP contribution in [0.3, 0.4) is 0 Å². The molecule has 3 rings (SSSR count). The Balaban J connectivity index is 1.63. The summed E-state index contributed by atoms with van der Waals surface area (Å²) in [6.45, 7) is 0.409. The zero-order chi connectivity index (χ0) is 19.4. The number of amidine groups is 1. The Morgan fingerprint density at radius 2 is 1.96 bits per heavy atom. The van der Waals surface area contributed by atoms with Crippen LogP contribution in [-0.4, -0.2) is 41.4 Å². The molecule has 0 bridgehead atoms. The molecule has 4 N–H and O–H groups in total. The summed E-state index contributed by atoms with van der Waals surface area (Å²) in [5.74, 6) is -0.375. The number of carbonyl (C=O) groups is 2. The third-order valence-corrected chi connectivity index (χ3v) is 5.35. The van der Waals surface area contributed by atoms with Gasteiger partial charge in [-0.05, 0) is 35.9 Å². The van der Waals surface area contributed by atoms with Crippen LogP contribution in [0.4, 0.5) is 10.5 Å². The number of carboxylic acids is 1. The first-order chi connectivity index (χ1) is 12.9. The van der Waals surface area contributed by atoms with Crippen molar-refractivity contribution in [3.8, 4) is 0 Å². The quantitative estimate of drug-likeness (QED) is 0.383. The molecule has 1 heterocycles. The molecule has 1 fully saturated rings. The van der Waals surface area contributed by atoms with Gasteiger partial charge in [-0.2, -0.15) is 0 Å². The highest BCUT2D eigenvalue weighted by Gasteiger charge is 2.32. The smallest absolute Gasteiger partial charge is 0.414 e. The van der Waals surface area contributed by atoms with Gasteiger partial charge in [-0.3, -0.25) is 15.1 Å². The summed E-state index contributed by atoms with van der Waals surface area (Å²) >= 11 is 1.48. The summed E-state index contributed by atoms with van der Waals surface area (Å²) in [5, 5.41) is 16.4. The van der Waals surface area contributed by atoms with E-state index in [0.29, 0.717) is 23.5 Å². The second kappa shape index (κ2) is 8.13. The van der Waals surface area contributed by atoms with Gasteiger partial charge in [0.25, 0.3) is 0 Å². The van der Waals surface area contributed by atoms with Crippen LogP contribution in [-0.2, 0) is 16.0 Å². The maximum atomic E-state index is 12.2. The lowest BCUT2D eigenvalue weighted by atomic mass is 10.1. The van der Waals surface area contributed by atoms with Crippen LogP contribution in [0.25, 0.3) is 0 Å². The van der Waals surface area contributed by atoms with Crippen molar-refractivity contribution in [2.24, 2.45) is 5.73 Å². The highest BCUT2D eigenvalue weighted by molar-refractivity contribution is 7.99. The lowest BCUT2D eigenvalue weighted by Gasteiger charge is -2.13. The largest absolute Gasteiger partial charge is 0.481 e. The average molecular weight is 385 g/mol. The van der Waals surface area contributed by atoms with Crippen molar-refractivity contribution in [1.29, 1.82) is 5.41 Å². The van der Waals surface area contributed by atoms with Crippen LogP contribution in [0.15, 0.2) is 53.4 Å². The monoisotopic (exact) mass is 385 g/mol. The standard InChI is InChI=1S/C19H19N3O4S/c20-18(21)12-5-7-14(8-6-12)22-10-15(26-19(22)25)11-27-16-4-2-1-3-13(16)9-17(23)24/h1-8,15H,9-11H2,(H3,20,21)(H,23,24). The molecule has 0 saturated carbocycles. The number of anilines is 1. The zero-order valence-electron chi connectivity index (χ0n) is 14.4. The molecule has 0 aliphatic carbocycles. The van der Waals surface area contributed by atoms with Gasteiger partial charge in [0.15, 0.2) is 0 Å². The number of carboxylic acid groups (broad SMARTS) is 1. The summed E-state index contributed by atoms with van der Waals surface area (Å²) < 4.78 is 5.43. The molecule has 7 nitrogen and oxygen atoms in total. The number of nitrogens with two attached hydrogens (primary N) is 1. The summed E-state index contributed by atoms with van der Waals surface area (Å²) in [6, 6.07) is 14.2. The lowest BCUT2D eigenvalue weighted by molar-refractivity contribution is -0.136. The Morgan fingerprint density at radius 1 is 1.26 bits per heavy atom. The van der Waals surface area contributed by atoms with Crippen LogP contribution < -0.4 is 10.6 Å². The highest BCUT2D eigenvalue weighted by atomic mass is 32.2. The van der Waals surface area contributed by atoms with Crippen molar-refractivity contribution in [2.75, 3.05) is 17.2 Å². The number of rotatable bonds is 7. The van der Waals surface area contributed by atoms with E-state index in [1.807, 2.05) is 18.2 Å². The molecule has 0 aromatic heterocycles. The van der Waals surface area contributed by atoms with E-state index in [1.54, 1.807) is 30.3 Å². The first kappa shape index (κ1) is 18.8. The number of hydrogen-bond acceptors (Lipinski definition) is 5. The average Bonchev–Trinajstić information content (AvgIpc) is 3.01. The molecule has 1 atom stereocenters. The van der Waals surface area contributed by atoms with Crippen molar-refractivity contribution in [3.05, 3.63) is 59.7 Å². The number of aliphatic carboxylic acids is 1. The van der Waals surface area contributed by atoms with E-state index in [9.17, 15) is 9.59 Å². The van der Waals surface area contributed by atoms with E-state index < -0.39 is 12.1 Å². The minimum absolute atomic E-state index is 0.0279. The summed E-state index contributed by atoms with van der Waals surface area (Å²) in [4.78, 5) is 25.6. The van der Waals surface area contributed by atoms with Gasteiger partial charge in [-0.1, -0.05) is 18.2 Å². The molecule has 1 unspecified atom stereocenters. The van der Waals surface area contributed by atoms with Crippen LogP contribution in [0.5, 0.6) is 0 Å². The van der Waals surface area contributed by atoms with Gasteiger partial charge < -0.3 is 15.6 Å². The van der Waals surface area contributed by atoms with Gasteiger partial charge in [-0.25, -0.2) is 4.79 Å². The lowest BCUT2D eigenvalue weighted by Crippen LogP contribution is -2.25. The number of thioether (sulfide) groups is 1. The van der Waals surface area contributed by atoms with Gasteiger partial charge in [0, 0.05) is 21.9 Å². The molecular weight excluding hydrogens is 366 g/mol. The van der Waals surface area contributed by atoms with Crippen molar-refractivity contribution in [3.63, 3.8) is 0 Å². The fourth-order valence-electron chi connectivity index (χ4n) is 2.78. The molecule has 1 saturated heterocycles. The van der Waals surface area contributed by atoms with E-state index >= 15 is 0 Å².